The largest absolute Gasteiger partial charge is 0.329 e. The Balaban J connectivity index is 1.92. The number of hydrogen-bond acceptors (Lipinski definition) is 4. The van der Waals surface area contributed by atoms with Gasteiger partial charge in [0.1, 0.15) is 6.54 Å². The second-order valence-corrected chi connectivity index (χ2v) is 4.45. The summed E-state index contributed by atoms with van der Waals surface area (Å²) in [6, 6.07) is 5.90. The van der Waals surface area contributed by atoms with E-state index >= 15 is 0 Å². The van der Waals surface area contributed by atoms with Gasteiger partial charge in [-0.2, -0.15) is 0 Å². The van der Waals surface area contributed by atoms with Crippen LogP contribution in [0.2, 0.25) is 0 Å². The summed E-state index contributed by atoms with van der Waals surface area (Å²) in [5, 5.41) is 7.49. The first-order valence-corrected chi connectivity index (χ1v) is 6.21. The number of anilines is 2. The molecule has 3 N–H and O–H groups in total. The average Bonchev–Trinajstić information content (AvgIpc) is 2.72. The van der Waals surface area contributed by atoms with Crippen LogP contribution in [0.4, 0.5) is 16.2 Å². The van der Waals surface area contributed by atoms with Gasteiger partial charge >= 0.3 is 6.03 Å². The van der Waals surface area contributed by atoms with Crippen molar-refractivity contribution < 1.29 is 19.2 Å². The molecule has 0 atom stereocenters. The Morgan fingerprint density at radius 3 is 2.19 bits per heavy atom. The van der Waals surface area contributed by atoms with Crippen molar-refractivity contribution in [2.75, 3.05) is 23.7 Å². The molecular weight excluding hydrogens is 276 g/mol. The number of hydrogen-bond donors (Lipinski definition) is 3. The lowest BCUT2D eigenvalue weighted by molar-refractivity contribution is -0.128. The Morgan fingerprint density at radius 2 is 1.71 bits per heavy atom. The molecule has 5 amide bonds. The maximum Gasteiger partial charge on any atom is 0.325 e. The van der Waals surface area contributed by atoms with E-state index in [1.165, 1.54) is 6.92 Å². The molecule has 1 aromatic rings. The van der Waals surface area contributed by atoms with E-state index < -0.39 is 17.8 Å². The zero-order chi connectivity index (χ0) is 15.4. The molecule has 0 saturated carbocycles. The Morgan fingerprint density at radius 1 is 1.14 bits per heavy atom. The first kappa shape index (κ1) is 14.5. The van der Waals surface area contributed by atoms with Crippen LogP contribution in [0.5, 0.6) is 0 Å². The monoisotopic (exact) mass is 290 g/mol. The molecule has 21 heavy (non-hydrogen) atoms. The summed E-state index contributed by atoms with van der Waals surface area (Å²) in [4.78, 5) is 46.1. The Labute approximate surface area is 120 Å². The first-order chi connectivity index (χ1) is 9.95. The predicted molar refractivity (Wildman–Crippen MR) is 74.5 cm³/mol. The number of nitrogens with one attached hydrogen (secondary N) is 3. The Hall–Kier alpha value is -2.90. The molecule has 110 valence electrons. The molecule has 8 nitrogen and oxygen atoms in total. The van der Waals surface area contributed by atoms with E-state index in [0.717, 1.165) is 4.90 Å². The molecule has 0 radical (unpaired) electrons. The summed E-state index contributed by atoms with van der Waals surface area (Å²) >= 11 is 0. The van der Waals surface area contributed by atoms with Gasteiger partial charge in [0.25, 0.3) is 5.91 Å². The molecule has 0 spiro atoms. The number of nitrogens with zero attached hydrogens (tertiary/aromatic N) is 1. The summed E-state index contributed by atoms with van der Waals surface area (Å²) in [5.74, 6) is -1.10. The number of rotatable bonds is 4. The SMILES string of the molecule is CC(=O)Nc1ccc(NC(=O)CN2C(=O)CNC2=O)cc1. The molecule has 0 aliphatic carbocycles. The van der Waals surface area contributed by atoms with Gasteiger partial charge in [-0.25, -0.2) is 4.79 Å². The third kappa shape index (κ3) is 3.78. The van der Waals surface area contributed by atoms with Gasteiger partial charge in [0.05, 0.1) is 6.54 Å². The summed E-state index contributed by atoms with van der Waals surface area (Å²) in [5.41, 5.74) is 1.11. The summed E-state index contributed by atoms with van der Waals surface area (Å²) in [6.45, 7) is 0.976. The highest BCUT2D eigenvalue weighted by Gasteiger charge is 2.30. The molecule has 2 rings (SSSR count). The molecule has 1 aliphatic heterocycles. The Bertz CT molecular complexity index is 581. The number of imide groups is 1. The van der Waals surface area contributed by atoms with E-state index in [9.17, 15) is 19.2 Å². The van der Waals surface area contributed by atoms with Crippen molar-refractivity contribution in [2.45, 2.75) is 6.92 Å². The van der Waals surface area contributed by atoms with Crippen LogP contribution in [-0.4, -0.2) is 41.7 Å². The first-order valence-electron chi connectivity index (χ1n) is 6.21. The second-order valence-electron chi connectivity index (χ2n) is 4.45. The lowest BCUT2D eigenvalue weighted by Crippen LogP contribution is -2.38. The van der Waals surface area contributed by atoms with Gasteiger partial charge in [0, 0.05) is 18.3 Å². The highest BCUT2D eigenvalue weighted by atomic mass is 16.2. The molecule has 1 aliphatic rings. The fourth-order valence-electron chi connectivity index (χ4n) is 1.80. The molecule has 0 aromatic heterocycles. The van der Waals surface area contributed by atoms with Crippen molar-refractivity contribution in [2.24, 2.45) is 0 Å². The van der Waals surface area contributed by atoms with Gasteiger partial charge in [-0.3, -0.25) is 19.3 Å². The lowest BCUT2D eigenvalue weighted by Gasteiger charge is -2.12. The van der Waals surface area contributed by atoms with E-state index in [0.29, 0.717) is 11.4 Å². The Kier molecular flexibility index (Phi) is 4.17. The van der Waals surface area contributed by atoms with E-state index in [-0.39, 0.29) is 19.0 Å². The van der Waals surface area contributed by atoms with Crippen LogP contribution in [0.25, 0.3) is 0 Å². The fraction of sp³-hybridized carbons (Fsp3) is 0.231. The fourth-order valence-corrected chi connectivity index (χ4v) is 1.80. The van der Waals surface area contributed by atoms with Crippen LogP contribution in [-0.2, 0) is 14.4 Å². The zero-order valence-corrected chi connectivity index (χ0v) is 11.3. The van der Waals surface area contributed by atoms with Crippen LogP contribution in [0.3, 0.4) is 0 Å². The number of carbonyl (C=O) groups is 4. The number of urea groups is 1. The normalized spacial score (nSPS) is 13.9. The third-order valence-corrected chi connectivity index (χ3v) is 2.73. The summed E-state index contributed by atoms with van der Waals surface area (Å²) in [6.07, 6.45) is 0. The van der Waals surface area contributed by atoms with Crippen LogP contribution >= 0.6 is 0 Å². The van der Waals surface area contributed by atoms with E-state index in [1.807, 2.05) is 0 Å². The minimum atomic E-state index is -0.573. The minimum absolute atomic E-state index is 0.0858. The minimum Gasteiger partial charge on any atom is -0.329 e. The van der Waals surface area contributed by atoms with Gasteiger partial charge in [-0.05, 0) is 24.3 Å². The predicted octanol–water partition coefficient (Wildman–Crippen LogP) is 0.135. The molecule has 0 unspecified atom stereocenters. The maximum atomic E-state index is 11.8. The van der Waals surface area contributed by atoms with E-state index in [2.05, 4.69) is 16.0 Å². The van der Waals surface area contributed by atoms with Gasteiger partial charge in [0.15, 0.2) is 0 Å². The molecule has 1 aromatic carbocycles. The topological polar surface area (TPSA) is 108 Å². The van der Waals surface area contributed by atoms with Gasteiger partial charge in [-0.15, -0.1) is 0 Å². The van der Waals surface area contributed by atoms with Crippen LogP contribution in [0, 0.1) is 0 Å². The number of carbonyl (C=O) groups excluding carboxylic acids is 4. The molecule has 0 bridgehead atoms. The second kappa shape index (κ2) is 6.04. The summed E-state index contributed by atoms with van der Waals surface area (Å²) < 4.78 is 0. The van der Waals surface area contributed by atoms with Crippen molar-refractivity contribution in [1.82, 2.24) is 10.2 Å². The molecular formula is C13H14N4O4. The van der Waals surface area contributed by atoms with E-state index in [1.54, 1.807) is 24.3 Å². The highest BCUT2D eigenvalue weighted by molar-refractivity contribution is 6.06. The molecule has 1 saturated heterocycles. The van der Waals surface area contributed by atoms with E-state index in [4.69, 9.17) is 0 Å². The van der Waals surface area contributed by atoms with Crippen molar-refractivity contribution in [1.29, 1.82) is 0 Å². The van der Waals surface area contributed by atoms with Gasteiger partial charge in [0.2, 0.25) is 11.8 Å². The number of benzene rings is 1. The van der Waals surface area contributed by atoms with Crippen molar-refractivity contribution >= 4 is 35.1 Å². The van der Waals surface area contributed by atoms with Gasteiger partial charge < -0.3 is 16.0 Å². The van der Waals surface area contributed by atoms with Crippen LogP contribution in [0.1, 0.15) is 6.92 Å². The third-order valence-electron chi connectivity index (χ3n) is 2.73. The summed E-state index contributed by atoms with van der Waals surface area (Å²) in [7, 11) is 0. The van der Waals surface area contributed by atoms with Crippen LogP contribution in [0.15, 0.2) is 24.3 Å². The molecule has 1 fully saturated rings. The smallest absolute Gasteiger partial charge is 0.325 e. The van der Waals surface area contributed by atoms with Gasteiger partial charge in [-0.1, -0.05) is 0 Å². The quantitative estimate of drug-likeness (QED) is 0.685. The molecule has 1 heterocycles. The molecule has 8 heteroatoms. The lowest BCUT2D eigenvalue weighted by atomic mass is 10.2. The zero-order valence-electron chi connectivity index (χ0n) is 11.3. The van der Waals surface area contributed by atoms with Crippen LogP contribution < -0.4 is 16.0 Å². The van der Waals surface area contributed by atoms with Crippen molar-refractivity contribution in [3.63, 3.8) is 0 Å². The van der Waals surface area contributed by atoms with Crippen molar-refractivity contribution in [3.05, 3.63) is 24.3 Å². The van der Waals surface area contributed by atoms with Crippen molar-refractivity contribution in [3.8, 4) is 0 Å². The maximum absolute atomic E-state index is 11.8. The standard InChI is InChI=1S/C13H14N4O4/c1-8(18)15-9-2-4-10(5-3-9)16-11(19)7-17-12(20)6-14-13(17)21/h2-5H,6-7H2,1H3,(H,14,21)(H,15,18)(H,16,19). The average molecular weight is 290 g/mol. The highest BCUT2D eigenvalue weighted by Crippen LogP contribution is 2.13. The number of amides is 5.